The number of amides is 2. The van der Waals surface area contributed by atoms with Crippen molar-refractivity contribution in [2.24, 2.45) is 0 Å². The average molecular weight is 519 g/mol. The number of aromatic amines is 1. The van der Waals surface area contributed by atoms with Gasteiger partial charge in [-0.05, 0) is 50.8 Å². The first kappa shape index (κ1) is 26.2. The van der Waals surface area contributed by atoms with Crippen LogP contribution >= 0.6 is 0 Å². The van der Waals surface area contributed by atoms with Gasteiger partial charge in [0.2, 0.25) is 5.91 Å². The Kier molecular flexibility index (Phi) is 6.51. The first-order chi connectivity index (χ1) is 17.2. The SMILES string of the molecule is CC(c1c[nH]c(=O)c2c(F)c(F)ccc12)N(C)C(=O)C1Cc2c(F)cc(F)cc2N1C(=O)OC(C)(C)C. The number of anilines is 1. The maximum atomic E-state index is 14.6. The number of nitrogens with zero attached hydrogens (tertiary/aromatic N) is 2. The largest absolute Gasteiger partial charge is 0.443 e. The minimum Gasteiger partial charge on any atom is -0.443 e. The van der Waals surface area contributed by atoms with E-state index in [1.54, 1.807) is 27.7 Å². The molecule has 0 saturated carbocycles. The Morgan fingerprint density at radius 3 is 2.46 bits per heavy atom. The van der Waals surface area contributed by atoms with Crippen LogP contribution in [0, 0.1) is 23.3 Å². The number of H-pyrrole nitrogens is 1. The first-order valence-corrected chi connectivity index (χ1v) is 11.5. The van der Waals surface area contributed by atoms with Crippen LogP contribution in [0.15, 0.2) is 35.3 Å². The van der Waals surface area contributed by atoms with Crippen molar-refractivity contribution in [2.75, 3.05) is 11.9 Å². The predicted molar refractivity (Wildman–Crippen MR) is 128 cm³/mol. The van der Waals surface area contributed by atoms with Crippen molar-refractivity contribution in [1.29, 1.82) is 0 Å². The molecule has 0 fully saturated rings. The van der Waals surface area contributed by atoms with Gasteiger partial charge in [0, 0.05) is 31.3 Å². The molecule has 0 radical (unpaired) electrons. The van der Waals surface area contributed by atoms with E-state index in [0.29, 0.717) is 11.6 Å². The van der Waals surface area contributed by atoms with E-state index in [0.717, 1.165) is 17.0 Å². The zero-order valence-corrected chi connectivity index (χ0v) is 20.8. The summed E-state index contributed by atoms with van der Waals surface area (Å²) in [6.07, 6.45) is 0.103. The van der Waals surface area contributed by atoms with E-state index in [1.165, 1.54) is 24.2 Å². The van der Waals surface area contributed by atoms with Crippen molar-refractivity contribution in [1.82, 2.24) is 9.88 Å². The quantitative estimate of drug-likeness (QED) is 0.496. The minimum absolute atomic E-state index is 0.0151. The Labute approximate surface area is 209 Å². The number of nitrogens with one attached hydrogen (secondary N) is 1. The maximum absolute atomic E-state index is 14.6. The molecule has 37 heavy (non-hydrogen) atoms. The molecule has 0 bridgehead atoms. The van der Waals surface area contributed by atoms with Crippen LogP contribution in [0.25, 0.3) is 10.8 Å². The highest BCUT2D eigenvalue weighted by atomic mass is 19.2. The normalized spacial score (nSPS) is 16.0. The van der Waals surface area contributed by atoms with E-state index in [-0.39, 0.29) is 23.1 Å². The van der Waals surface area contributed by atoms with Crippen molar-refractivity contribution in [2.45, 2.75) is 51.8 Å². The topological polar surface area (TPSA) is 82.7 Å². The number of ether oxygens (including phenoxy) is 1. The monoisotopic (exact) mass is 519 g/mol. The predicted octanol–water partition coefficient (Wildman–Crippen LogP) is 4.97. The summed E-state index contributed by atoms with van der Waals surface area (Å²) in [6, 6.07) is 1.69. The number of carbonyl (C=O) groups excluding carboxylic acids is 2. The molecule has 3 aromatic rings. The smallest absolute Gasteiger partial charge is 0.415 e. The van der Waals surface area contributed by atoms with Gasteiger partial charge in [-0.1, -0.05) is 6.07 Å². The van der Waals surface area contributed by atoms with Crippen LogP contribution in [0.5, 0.6) is 0 Å². The number of rotatable bonds is 3. The molecule has 2 amide bonds. The molecule has 0 saturated heterocycles. The first-order valence-electron chi connectivity index (χ1n) is 11.5. The van der Waals surface area contributed by atoms with Crippen LogP contribution in [0.4, 0.5) is 28.0 Å². The highest BCUT2D eigenvalue weighted by molar-refractivity contribution is 6.01. The molecule has 2 unspecified atom stereocenters. The van der Waals surface area contributed by atoms with Gasteiger partial charge in [0.05, 0.1) is 17.1 Å². The third-order valence-corrected chi connectivity index (χ3v) is 6.35. The van der Waals surface area contributed by atoms with E-state index < -0.39 is 63.9 Å². The Morgan fingerprint density at radius 2 is 1.81 bits per heavy atom. The molecule has 2 atom stereocenters. The van der Waals surface area contributed by atoms with Gasteiger partial charge in [-0.3, -0.25) is 14.5 Å². The second-order valence-corrected chi connectivity index (χ2v) is 9.94. The van der Waals surface area contributed by atoms with Crippen molar-refractivity contribution in [3.63, 3.8) is 0 Å². The lowest BCUT2D eigenvalue weighted by molar-refractivity contribution is -0.133. The molecular weight excluding hydrogens is 494 g/mol. The average Bonchev–Trinajstić information content (AvgIpc) is 3.19. The van der Waals surface area contributed by atoms with Crippen LogP contribution in [0.1, 0.15) is 44.9 Å². The summed E-state index contributed by atoms with van der Waals surface area (Å²) < 4.78 is 62.3. The van der Waals surface area contributed by atoms with E-state index in [9.17, 15) is 31.9 Å². The molecule has 0 spiro atoms. The van der Waals surface area contributed by atoms with Gasteiger partial charge >= 0.3 is 6.09 Å². The number of fused-ring (bicyclic) bond motifs is 2. The third kappa shape index (κ3) is 4.65. The molecule has 7 nitrogen and oxygen atoms in total. The van der Waals surface area contributed by atoms with Gasteiger partial charge in [-0.2, -0.15) is 0 Å². The number of carbonyl (C=O) groups is 2. The van der Waals surface area contributed by atoms with E-state index in [1.807, 2.05) is 0 Å². The van der Waals surface area contributed by atoms with Gasteiger partial charge in [0.25, 0.3) is 5.56 Å². The summed E-state index contributed by atoms with van der Waals surface area (Å²) in [7, 11) is 1.41. The summed E-state index contributed by atoms with van der Waals surface area (Å²) in [5.74, 6) is -4.98. The number of benzene rings is 2. The number of hydrogen-bond donors (Lipinski definition) is 1. The summed E-state index contributed by atoms with van der Waals surface area (Å²) in [5.41, 5.74) is -1.61. The number of aromatic nitrogens is 1. The van der Waals surface area contributed by atoms with E-state index in [4.69, 9.17) is 4.74 Å². The second-order valence-electron chi connectivity index (χ2n) is 9.94. The molecule has 0 aliphatic carbocycles. The van der Waals surface area contributed by atoms with Crippen LogP contribution in [-0.2, 0) is 16.0 Å². The standard InChI is InChI=1S/C26H25F4N3O4/c1-12(16-11-31-23(34)21-14(16)6-7-17(28)22(21)30)32(5)24(35)20-10-15-18(29)8-13(27)9-19(15)33(20)25(36)37-26(2,3)4/h6-9,11-12,20H,10H2,1-5H3,(H,31,34). The van der Waals surface area contributed by atoms with Crippen LogP contribution < -0.4 is 10.5 Å². The summed E-state index contributed by atoms with van der Waals surface area (Å²) in [5, 5.41) is -0.395. The molecule has 196 valence electrons. The van der Waals surface area contributed by atoms with Gasteiger partial charge in [-0.25, -0.2) is 22.4 Å². The number of pyridine rings is 1. The Balaban J connectivity index is 1.74. The van der Waals surface area contributed by atoms with Crippen molar-refractivity contribution < 1.29 is 31.9 Å². The molecule has 1 aliphatic rings. The van der Waals surface area contributed by atoms with Gasteiger partial charge in [-0.15, -0.1) is 0 Å². The fraction of sp³-hybridized carbons (Fsp3) is 0.346. The molecular formula is C26H25F4N3O4. The van der Waals surface area contributed by atoms with Crippen molar-refractivity contribution in [3.05, 3.63) is 75.2 Å². The highest BCUT2D eigenvalue weighted by Gasteiger charge is 2.44. The van der Waals surface area contributed by atoms with Crippen LogP contribution in [0.3, 0.4) is 0 Å². The highest BCUT2D eigenvalue weighted by Crippen LogP contribution is 2.38. The third-order valence-electron chi connectivity index (χ3n) is 6.35. The lowest BCUT2D eigenvalue weighted by Crippen LogP contribution is -2.50. The maximum Gasteiger partial charge on any atom is 0.415 e. The molecule has 1 aliphatic heterocycles. The van der Waals surface area contributed by atoms with Gasteiger partial charge in [0.1, 0.15) is 23.3 Å². The van der Waals surface area contributed by atoms with Crippen molar-refractivity contribution >= 4 is 28.5 Å². The number of likely N-dealkylation sites (N-methyl/N-ethyl adjacent to an activating group) is 1. The zero-order valence-electron chi connectivity index (χ0n) is 20.8. The number of halogens is 4. The molecule has 1 aromatic heterocycles. The fourth-order valence-corrected chi connectivity index (χ4v) is 4.48. The molecule has 2 heterocycles. The van der Waals surface area contributed by atoms with Crippen LogP contribution in [0.2, 0.25) is 0 Å². The summed E-state index contributed by atoms with van der Waals surface area (Å²) in [4.78, 5) is 43.5. The van der Waals surface area contributed by atoms with Gasteiger partial charge in [0.15, 0.2) is 11.6 Å². The second kappa shape index (κ2) is 9.20. The number of hydrogen-bond acceptors (Lipinski definition) is 4. The van der Waals surface area contributed by atoms with Crippen LogP contribution in [-0.4, -0.2) is 40.6 Å². The zero-order chi connectivity index (χ0) is 27.4. The molecule has 11 heteroatoms. The Hall–Kier alpha value is -3.89. The Morgan fingerprint density at radius 1 is 1.14 bits per heavy atom. The van der Waals surface area contributed by atoms with E-state index >= 15 is 0 Å². The molecule has 2 aromatic carbocycles. The molecule has 1 N–H and O–H groups in total. The summed E-state index contributed by atoms with van der Waals surface area (Å²) >= 11 is 0. The lowest BCUT2D eigenvalue weighted by atomic mass is 10.00. The lowest BCUT2D eigenvalue weighted by Gasteiger charge is -2.33. The minimum atomic E-state index is -1.32. The Bertz CT molecular complexity index is 1480. The molecule has 4 rings (SSSR count). The summed E-state index contributed by atoms with van der Waals surface area (Å²) in [6.45, 7) is 6.43. The van der Waals surface area contributed by atoms with Gasteiger partial charge < -0.3 is 14.6 Å². The van der Waals surface area contributed by atoms with E-state index in [2.05, 4.69) is 4.98 Å². The van der Waals surface area contributed by atoms with Crippen molar-refractivity contribution in [3.8, 4) is 0 Å². The fourth-order valence-electron chi connectivity index (χ4n) is 4.48.